The van der Waals surface area contributed by atoms with Gasteiger partial charge in [0.2, 0.25) is 0 Å². The van der Waals surface area contributed by atoms with E-state index >= 15 is 0 Å². The second-order valence-electron chi connectivity index (χ2n) is 4.74. The first-order chi connectivity index (χ1) is 7.81. The van der Waals surface area contributed by atoms with Crippen LogP contribution in [0.3, 0.4) is 0 Å². The number of benzene rings is 1. The maximum Gasteiger partial charge on any atom is 0.0473 e. The van der Waals surface area contributed by atoms with Crippen LogP contribution < -0.4 is 10.6 Å². The normalized spacial score (nSPS) is 23.0. The summed E-state index contributed by atoms with van der Waals surface area (Å²) >= 11 is 0. The smallest absolute Gasteiger partial charge is 0.0473 e. The highest BCUT2D eigenvalue weighted by Crippen LogP contribution is 2.23. The van der Waals surface area contributed by atoms with Gasteiger partial charge in [0.1, 0.15) is 0 Å². The monoisotopic (exact) mass is 218 g/mol. The van der Waals surface area contributed by atoms with Crippen molar-refractivity contribution < 1.29 is 0 Å². The minimum Gasteiger partial charge on any atom is -0.312 e. The van der Waals surface area contributed by atoms with Gasteiger partial charge >= 0.3 is 0 Å². The standard InChI is InChI=1S/C14H22N2/c1-11-6-5-7-12(10-11)14(15-2)13-8-3-4-9-16-13/h5-7,10,13-16H,3-4,8-9H2,1-2H3. The molecule has 0 radical (unpaired) electrons. The lowest BCUT2D eigenvalue weighted by Crippen LogP contribution is -2.43. The van der Waals surface area contributed by atoms with E-state index in [9.17, 15) is 0 Å². The molecule has 2 N–H and O–H groups in total. The molecule has 1 fully saturated rings. The van der Waals surface area contributed by atoms with Crippen LogP contribution in [0.15, 0.2) is 24.3 Å². The second kappa shape index (κ2) is 5.46. The van der Waals surface area contributed by atoms with Crippen LogP contribution in [0.4, 0.5) is 0 Å². The van der Waals surface area contributed by atoms with Crippen LogP contribution in [0.25, 0.3) is 0 Å². The lowest BCUT2D eigenvalue weighted by Gasteiger charge is -2.31. The fourth-order valence-corrected chi connectivity index (χ4v) is 2.63. The first kappa shape index (κ1) is 11.6. The molecule has 16 heavy (non-hydrogen) atoms. The minimum atomic E-state index is 0.445. The zero-order valence-electron chi connectivity index (χ0n) is 10.3. The van der Waals surface area contributed by atoms with Crippen molar-refractivity contribution in [1.82, 2.24) is 10.6 Å². The van der Waals surface area contributed by atoms with E-state index in [4.69, 9.17) is 0 Å². The van der Waals surface area contributed by atoms with Crippen LogP contribution in [0.1, 0.15) is 36.4 Å². The van der Waals surface area contributed by atoms with Crippen LogP contribution in [0, 0.1) is 6.92 Å². The van der Waals surface area contributed by atoms with E-state index in [0.29, 0.717) is 12.1 Å². The Kier molecular flexibility index (Phi) is 3.97. The number of piperidine rings is 1. The van der Waals surface area contributed by atoms with E-state index in [1.807, 2.05) is 0 Å². The van der Waals surface area contributed by atoms with Crippen molar-refractivity contribution >= 4 is 0 Å². The fourth-order valence-electron chi connectivity index (χ4n) is 2.63. The third kappa shape index (κ3) is 2.63. The molecule has 2 rings (SSSR count). The summed E-state index contributed by atoms with van der Waals surface area (Å²) in [5, 5.41) is 7.08. The molecule has 0 saturated carbocycles. The van der Waals surface area contributed by atoms with E-state index < -0.39 is 0 Å². The lowest BCUT2D eigenvalue weighted by molar-refractivity contribution is 0.326. The molecule has 2 unspecified atom stereocenters. The fraction of sp³-hybridized carbons (Fsp3) is 0.571. The molecule has 1 aromatic carbocycles. The number of hydrogen-bond acceptors (Lipinski definition) is 2. The second-order valence-corrected chi connectivity index (χ2v) is 4.74. The van der Waals surface area contributed by atoms with Crippen molar-refractivity contribution in [2.75, 3.05) is 13.6 Å². The predicted octanol–water partition coefficient (Wildman–Crippen LogP) is 2.40. The Labute approximate surface area is 98.4 Å². The average molecular weight is 218 g/mol. The molecule has 2 atom stereocenters. The number of rotatable bonds is 3. The van der Waals surface area contributed by atoms with Crippen molar-refractivity contribution in [3.05, 3.63) is 35.4 Å². The van der Waals surface area contributed by atoms with Gasteiger partial charge in [-0.3, -0.25) is 0 Å². The zero-order valence-corrected chi connectivity index (χ0v) is 10.3. The number of nitrogens with one attached hydrogen (secondary N) is 2. The van der Waals surface area contributed by atoms with E-state index in [0.717, 1.165) is 6.54 Å². The molecule has 88 valence electrons. The largest absolute Gasteiger partial charge is 0.312 e. The third-order valence-corrected chi connectivity index (χ3v) is 3.46. The van der Waals surface area contributed by atoms with Crippen LogP contribution in [0.5, 0.6) is 0 Å². The number of likely N-dealkylation sites (N-methyl/N-ethyl adjacent to an activating group) is 1. The number of aryl methyl sites for hydroxylation is 1. The van der Waals surface area contributed by atoms with Gasteiger partial charge in [0, 0.05) is 12.1 Å². The van der Waals surface area contributed by atoms with Gasteiger partial charge in [-0.1, -0.05) is 36.2 Å². The highest BCUT2D eigenvalue weighted by atomic mass is 15.0. The summed E-state index contributed by atoms with van der Waals surface area (Å²) in [6.45, 7) is 3.32. The topological polar surface area (TPSA) is 24.1 Å². The van der Waals surface area contributed by atoms with Crippen molar-refractivity contribution in [3.8, 4) is 0 Å². The minimum absolute atomic E-state index is 0.445. The van der Waals surface area contributed by atoms with Gasteiger partial charge in [-0.05, 0) is 38.9 Å². The highest BCUT2D eigenvalue weighted by Gasteiger charge is 2.22. The molecular weight excluding hydrogens is 196 g/mol. The maximum absolute atomic E-state index is 3.63. The van der Waals surface area contributed by atoms with Gasteiger partial charge in [-0.2, -0.15) is 0 Å². The van der Waals surface area contributed by atoms with Crippen molar-refractivity contribution in [2.45, 2.75) is 38.3 Å². The van der Waals surface area contributed by atoms with E-state index in [-0.39, 0.29) is 0 Å². The van der Waals surface area contributed by atoms with Crippen molar-refractivity contribution in [2.24, 2.45) is 0 Å². The van der Waals surface area contributed by atoms with Crippen molar-refractivity contribution in [1.29, 1.82) is 0 Å². The van der Waals surface area contributed by atoms with Crippen LogP contribution >= 0.6 is 0 Å². The Balaban J connectivity index is 2.14. The molecule has 1 aliphatic heterocycles. The van der Waals surface area contributed by atoms with E-state index in [2.05, 4.69) is 48.9 Å². The molecule has 1 saturated heterocycles. The van der Waals surface area contributed by atoms with Gasteiger partial charge in [-0.15, -0.1) is 0 Å². The Morgan fingerprint density at radius 1 is 1.38 bits per heavy atom. The summed E-state index contributed by atoms with van der Waals surface area (Å²) in [5.74, 6) is 0. The van der Waals surface area contributed by atoms with Crippen LogP contribution in [-0.4, -0.2) is 19.6 Å². The Hall–Kier alpha value is -0.860. The Bertz CT molecular complexity index is 329. The van der Waals surface area contributed by atoms with Crippen molar-refractivity contribution in [3.63, 3.8) is 0 Å². The lowest BCUT2D eigenvalue weighted by atomic mass is 9.92. The zero-order chi connectivity index (χ0) is 11.4. The molecule has 2 heteroatoms. The molecule has 0 amide bonds. The molecule has 1 aromatic rings. The molecule has 1 aliphatic rings. The quantitative estimate of drug-likeness (QED) is 0.814. The van der Waals surface area contributed by atoms with Gasteiger partial charge in [0.25, 0.3) is 0 Å². The van der Waals surface area contributed by atoms with Crippen LogP contribution in [0.2, 0.25) is 0 Å². The summed E-state index contributed by atoms with van der Waals surface area (Å²) in [7, 11) is 2.06. The SMILES string of the molecule is CNC(c1cccc(C)c1)C1CCCCN1. The summed E-state index contributed by atoms with van der Waals surface area (Å²) in [6, 6.07) is 9.85. The molecule has 0 aliphatic carbocycles. The summed E-state index contributed by atoms with van der Waals surface area (Å²) < 4.78 is 0. The average Bonchev–Trinajstić information content (AvgIpc) is 2.31. The van der Waals surface area contributed by atoms with Gasteiger partial charge in [-0.25, -0.2) is 0 Å². The first-order valence-electron chi connectivity index (χ1n) is 6.28. The molecule has 0 bridgehead atoms. The molecule has 2 nitrogen and oxygen atoms in total. The predicted molar refractivity (Wildman–Crippen MR) is 68.6 cm³/mol. The molecular formula is C14H22N2. The van der Waals surface area contributed by atoms with Crippen LogP contribution in [-0.2, 0) is 0 Å². The van der Waals surface area contributed by atoms with E-state index in [1.54, 1.807) is 0 Å². The number of hydrogen-bond donors (Lipinski definition) is 2. The van der Waals surface area contributed by atoms with Gasteiger partial charge in [0.15, 0.2) is 0 Å². The summed E-state index contributed by atoms with van der Waals surface area (Å²) in [5.41, 5.74) is 2.75. The molecule has 0 aromatic heterocycles. The Morgan fingerprint density at radius 3 is 2.88 bits per heavy atom. The maximum atomic E-state index is 3.63. The highest BCUT2D eigenvalue weighted by molar-refractivity contribution is 5.26. The summed E-state index contributed by atoms with van der Waals surface area (Å²) in [4.78, 5) is 0. The van der Waals surface area contributed by atoms with E-state index in [1.165, 1.54) is 30.4 Å². The first-order valence-corrected chi connectivity index (χ1v) is 6.28. The Morgan fingerprint density at radius 2 is 2.25 bits per heavy atom. The molecule has 1 heterocycles. The van der Waals surface area contributed by atoms with Gasteiger partial charge in [0.05, 0.1) is 0 Å². The summed E-state index contributed by atoms with van der Waals surface area (Å²) in [6.07, 6.45) is 3.95. The third-order valence-electron chi connectivity index (χ3n) is 3.46. The molecule has 0 spiro atoms. The van der Waals surface area contributed by atoms with Gasteiger partial charge < -0.3 is 10.6 Å².